The van der Waals surface area contributed by atoms with E-state index in [9.17, 15) is 19.2 Å². The molecule has 0 saturated carbocycles. The molecular formula is C24H40N4O6. The molecule has 2 aliphatic heterocycles. The number of hydrogen-bond donors (Lipinski definition) is 3. The van der Waals surface area contributed by atoms with E-state index in [-0.39, 0.29) is 31.5 Å². The van der Waals surface area contributed by atoms with Crippen LogP contribution in [0.1, 0.15) is 72.6 Å². The van der Waals surface area contributed by atoms with E-state index in [1.807, 2.05) is 12.2 Å². The van der Waals surface area contributed by atoms with E-state index in [2.05, 4.69) is 10.6 Å². The highest BCUT2D eigenvalue weighted by molar-refractivity contribution is 5.93. The van der Waals surface area contributed by atoms with Crippen LogP contribution in [0.25, 0.3) is 0 Å². The smallest absolute Gasteiger partial charge is 0.408 e. The molecule has 1 fully saturated rings. The molecule has 0 spiro atoms. The van der Waals surface area contributed by atoms with E-state index in [0.717, 1.165) is 25.7 Å². The van der Waals surface area contributed by atoms with Crippen molar-refractivity contribution in [3.8, 4) is 0 Å². The third-order valence-corrected chi connectivity index (χ3v) is 5.70. The molecule has 0 radical (unpaired) electrons. The van der Waals surface area contributed by atoms with Gasteiger partial charge < -0.3 is 30.7 Å². The molecule has 2 rings (SSSR count). The van der Waals surface area contributed by atoms with E-state index in [4.69, 9.17) is 15.2 Å². The van der Waals surface area contributed by atoms with E-state index < -0.39 is 41.7 Å². The molecule has 3 amide bonds. The average Bonchev–Trinajstić information content (AvgIpc) is 3.13. The standard InChI is InChI=1S/C24H40N4O6/c1-5-33-22(31)18-13-11-9-7-6-8-10-12-17(27-23(32)34-24(2,3)4)21(30)28-15-16(25)14-19(28)20(29)26-18/h9,11,16-19H,5-8,10,12-15,25H2,1-4H3,(H,26,29)(H,27,32)/b11-9-/t16-,17-,18?,19-/m0/s1. The lowest BCUT2D eigenvalue weighted by atomic mass is 10.1. The topological polar surface area (TPSA) is 140 Å². The Hall–Kier alpha value is -2.62. The molecule has 0 aromatic rings. The van der Waals surface area contributed by atoms with Crippen LogP contribution in [0.15, 0.2) is 12.2 Å². The summed E-state index contributed by atoms with van der Waals surface area (Å²) in [6, 6.07) is -2.91. The monoisotopic (exact) mass is 480 g/mol. The third kappa shape index (κ3) is 8.62. The molecule has 0 aromatic carbocycles. The van der Waals surface area contributed by atoms with Crippen LogP contribution in [-0.2, 0) is 23.9 Å². The number of esters is 1. The van der Waals surface area contributed by atoms with E-state index in [0.29, 0.717) is 12.8 Å². The van der Waals surface area contributed by atoms with Gasteiger partial charge in [0.2, 0.25) is 11.8 Å². The predicted octanol–water partition coefficient (Wildman–Crippen LogP) is 1.77. The van der Waals surface area contributed by atoms with Gasteiger partial charge in [0.25, 0.3) is 0 Å². The van der Waals surface area contributed by atoms with Gasteiger partial charge in [0.05, 0.1) is 6.61 Å². The van der Waals surface area contributed by atoms with Gasteiger partial charge in [-0.2, -0.15) is 0 Å². The molecule has 0 aliphatic carbocycles. The first kappa shape index (κ1) is 27.6. The number of ether oxygens (including phenoxy) is 2. The van der Waals surface area contributed by atoms with E-state index in [1.165, 1.54) is 4.90 Å². The Morgan fingerprint density at radius 1 is 1.21 bits per heavy atom. The zero-order chi connectivity index (χ0) is 25.3. The fourth-order valence-corrected chi connectivity index (χ4v) is 4.13. The van der Waals surface area contributed by atoms with Gasteiger partial charge >= 0.3 is 12.1 Å². The molecule has 34 heavy (non-hydrogen) atoms. The molecule has 10 heteroatoms. The summed E-state index contributed by atoms with van der Waals surface area (Å²) in [6.45, 7) is 7.34. The number of hydrogen-bond acceptors (Lipinski definition) is 7. The number of amides is 3. The van der Waals surface area contributed by atoms with Crippen LogP contribution >= 0.6 is 0 Å². The Morgan fingerprint density at radius 3 is 2.62 bits per heavy atom. The Morgan fingerprint density at radius 2 is 1.94 bits per heavy atom. The fourth-order valence-electron chi connectivity index (χ4n) is 4.13. The molecule has 2 heterocycles. The minimum absolute atomic E-state index is 0.188. The summed E-state index contributed by atoms with van der Waals surface area (Å²) in [5.74, 6) is -1.35. The Balaban J connectivity index is 2.26. The van der Waals surface area contributed by atoms with E-state index in [1.54, 1.807) is 27.7 Å². The van der Waals surface area contributed by atoms with Crippen molar-refractivity contribution in [3.63, 3.8) is 0 Å². The maximum atomic E-state index is 13.5. The van der Waals surface area contributed by atoms with Crippen molar-refractivity contribution in [3.05, 3.63) is 12.2 Å². The molecule has 4 N–H and O–H groups in total. The summed E-state index contributed by atoms with van der Waals surface area (Å²) in [4.78, 5) is 52.9. The number of carbonyl (C=O) groups is 4. The highest BCUT2D eigenvalue weighted by Gasteiger charge is 2.42. The second-order valence-corrected chi connectivity index (χ2v) is 9.86. The van der Waals surface area contributed by atoms with Gasteiger partial charge in [0.15, 0.2) is 0 Å². The van der Waals surface area contributed by atoms with Crippen LogP contribution in [0, 0.1) is 0 Å². The van der Waals surface area contributed by atoms with Crippen molar-refractivity contribution < 1.29 is 28.7 Å². The van der Waals surface area contributed by atoms with Gasteiger partial charge in [0, 0.05) is 12.6 Å². The summed E-state index contributed by atoms with van der Waals surface area (Å²) in [7, 11) is 0. The van der Waals surface area contributed by atoms with Crippen molar-refractivity contribution in [1.82, 2.24) is 15.5 Å². The van der Waals surface area contributed by atoms with Crippen molar-refractivity contribution in [2.45, 2.75) is 102 Å². The summed E-state index contributed by atoms with van der Waals surface area (Å²) >= 11 is 0. The molecule has 192 valence electrons. The summed E-state index contributed by atoms with van der Waals surface area (Å²) < 4.78 is 10.5. The number of alkyl carbamates (subject to hydrolysis) is 1. The van der Waals surface area contributed by atoms with Crippen LogP contribution in [0.2, 0.25) is 0 Å². The van der Waals surface area contributed by atoms with Gasteiger partial charge in [-0.3, -0.25) is 9.59 Å². The molecule has 10 nitrogen and oxygen atoms in total. The highest BCUT2D eigenvalue weighted by atomic mass is 16.6. The number of carbonyl (C=O) groups excluding carboxylic acids is 4. The summed E-state index contributed by atoms with van der Waals surface area (Å²) in [5, 5.41) is 5.43. The predicted molar refractivity (Wildman–Crippen MR) is 127 cm³/mol. The number of fused-ring (bicyclic) bond motifs is 1. The molecule has 1 unspecified atom stereocenters. The third-order valence-electron chi connectivity index (χ3n) is 5.70. The van der Waals surface area contributed by atoms with Gasteiger partial charge in [-0.1, -0.05) is 25.0 Å². The lowest BCUT2D eigenvalue weighted by Gasteiger charge is -2.30. The largest absolute Gasteiger partial charge is 0.464 e. The van der Waals surface area contributed by atoms with Crippen LogP contribution < -0.4 is 16.4 Å². The van der Waals surface area contributed by atoms with Gasteiger partial charge in [0.1, 0.15) is 23.7 Å². The minimum Gasteiger partial charge on any atom is -0.464 e. The zero-order valence-corrected chi connectivity index (χ0v) is 20.8. The summed E-state index contributed by atoms with van der Waals surface area (Å²) in [6.07, 6.45) is 7.47. The lowest BCUT2D eigenvalue weighted by Crippen LogP contribution is -2.55. The maximum absolute atomic E-state index is 13.5. The molecule has 1 saturated heterocycles. The first-order valence-electron chi connectivity index (χ1n) is 12.2. The molecule has 4 atom stereocenters. The number of rotatable bonds is 3. The fraction of sp³-hybridized carbons (Fsp3) is 0.750. The van der Waals surface area contributed by atoms with Crippen LogP contribution in [0.3, 0.4) is 0 Å². The molecule has 0 bridgehead atoms. The van der Waals surface area contributed by atoms with Crippen LogP contribution in [0.5, 0.6) is 0 Å². The number of allylic oxidation sites excluding steroid dienone is 1. The highest BCUT2D eigenvalue weighted by Crippen LogP contribution is 2.21. The van der Waals surface area contributed by atoms with Gasteiger partial charge in [-0.05, 0) is 59.8 Å². The molecule has 2 aliphatic rings. The minimum atomic E-state index is -0.849. The number of nitrogens with one attached hydrogen (secondary N) is 2. The summed E-state index contributed by atoms with van der Waals surface area (Å²) in [5.41, 5.74) is 5.41. The first-order valence-corrected chi connectivity index (χ1v) is 12.2. The van der Waals surface area contributed by atoms with Crippen LogP contribution in [-0.4, -0.2) is 71.7 Å². The average molecular weight is 481 g/mol. The lowest BCUT2D eigenvalue weighted by molar-refractivity contribution is -0.148. The molecular weight excluding hydrogens is 440 g/mol. The van der Waals surface area contributed by atoms with Gasteiger partial charge in [-0.15, -0.1) is 0 Å². The first-order chi connectivity index (χ1) is 16.0. The quantitative estimate of drug-likeness (QED) is 0.413. The molecule has 0 aromatic heterocycles. The van der Waals surface area contributed by atoms with Crippen molar-refractivity contribution >= 4 is 23.9 Å². The van der Waals surface area contributed by atoms with Gasteiger partial charge in [-0.25, -0.2) is 9.59 Å². The normalized spacial score (nSPS) is 28.1. The Kier molecular flexibility index (Phi) is 10.3. The van der Waals surface area contributed by atoms with E-state index >= 15 is 0 Å². The SMILES string of the molecule is CCOC(=O)C1C/C=C\CCCCC[C@H](NC(=O)OC(C)(C)C)C(=O)N2C[C@@H](N)C[C@H]2C(=O)N1. The maximum Gasteiger partial charge on any atom is 0.408 e. The second kappa shape index (κ2) is 12.7. The van der Waals surface area contributed by atoms with Crippen molar-refractivity contribution in [1.29, 1.82) is 0 Å². The second-order valence-electron chi connectivity index (χ2n) is 9.86. The number of nitrogens with zero attached hydrogens (tertiary/aromatic N) is 1. The van der Waals surface area contributed by atoms with Crippen molar-refractivity contribution in [2.75, 3.05) is 13.2 Å². The number of nitrogens with two attached hydrogens (primary N) is 1. The Bertz CT molecular complexity index is 763. The van der Waals surface area contributed by atoms with Crippen molar-refractivity contribution in [2.24, 2.45) is 5.73 Å². The zero-order valence-electron chi connectivity index (χ0n) is 20.8. The Labute approximate surface area is 202 Å². The van der Waals surface area contributed by atoms with Crippen LogP contribution in [0.4, 0.5) is 4.79 Å².